The monoisotopic (exact) mass is 477 g/mol. The molecular formula is C24H29F2N3O3S. The SMILES string of the molecule is Cc1c(SN2C(CO)C3(CCO)CCC23)c2n(c1C(=O)Nc1ccc(F)c(F)c1)CCCC2. The number of anilines is 1. The number of aliphatic hydroxyl groups is 2. The number of aliphatic hydroxyl groups excluding tert-OH is 2. The first-order valence-electron chi connectivity index (χ1n) is 11.6. The lowest BCUT2D eigenvalue weighted by atomic mass is 9.52. The molecule has 3 atom stereocenters. The summed E-state index contributed by atoms with van der Waals surface area (Å²) < 4.78 is 31.2. The van der Waals surface area contributed by atoms with Crippen LogP contribution in [-0.2, 0) is 13.0 Å². The molecular weight excluding hydrogens is 448 g/mol. The molecule has 0 bridgehead atoms. The van der Waals surface area contributed by atoms with Crippen LogP contribution >= 0.6 is 11.9 Å². The minimum Gasteiger partial charge on any atom is -0.396 e. The summed E-state index contributed by atoms with van der Waals surface area (Å²) in [6, 6.07) is 3.66. The number of halogens is 2. The summed E-state index contributed by atoms with van der Waals surface area (Å²) in [5.74, 6) is -2.30. The summed E-state index contributed by atoms with van der Waals surface area (Å²) in [6.07, 6.45) is 5.65. The van der Waals surface area contributed by atoms with Crippen LogP contribution in [0.15, 0.2) is 23.1 Å². The second-order valence-electron chi connectivity index (χ2n) is 9.35. The lowest BCUT2D eigenvalue weighted by Gasteiger charge is -2.69. The number of piperidine rings is 1. The molecule has 3 N–H and O–H groups in total. The maximum absolute atomic E-state index is 13.6. The molecule has 1 aliphatic carbocycles. The average molecular weight is 478 g/mol. The first-order valence-corrected chi connectivity index (χ1v) is 12.3. The summed E-state index contributed by atoms with van der Waals surface area (Å²) in [5, 5.41) is 22.3. The van der Waals surface area contributed by atoms with Gasteiger partial charge in [0.05, 0.1) is 12.6 Å². The van der Waals surface area contributed by atoms with Gasteiger partial charge in [-0.3, -0.25) is 4.79 Å². The van der Waals surface area contributed by atoms with Gasteiger partial charge in [-0.25, -0.2) is 13.1 Å². The van der Waals surface area contributed by atoms with E-state index < -0.39 is 11.6 Å². The zero-order valence-electron chi connectivity index (χ0n) is 18.6. The lowest BCUT2D eigenvalue weighted by molar-refractivity contribution is -0.174. The second-order valence-corrected chi connectivity index (χ2v) is 10.4. The normalized spacial score (nSPS) is 26.2. The first-order chi connectivity index (χ1) is 15.9. The van der Waals surface area contributed by atoms with Crippen molar-refractivity contribution < 1.29 is 23.8 Å². The number of benzene rings is 1. The third-order valence-corrected chi connectivity index (χ3v) is 9.21. The smallest absolute Gasteiger partial charge is 0.272 e. The molecule has 3 heterocycles. The molecule has 1 amide bonds. The highest BCUT2D eigenvalue weighted by atomic mass is 32.2. The highest BCUT2D eigenvalue weighted by molar-refractivity contribution is 7.97. The van der Waals surface area contributed by atoms with E-state index in [2.05, 4.69) is 14.2 Å². The molecule has 3 unspecified atom stereocenters. The number of fused-ring (bicyclic) bond motifs is 2. The van der Waals surface area contributed by atoms with Gasteiger partial charge in [-0.1, -0.05) is 0 Å². The Labute approximate surface area is 196 Å². The van der Waals surface area contributed by atoms with Gasteiger partial charge in [0, 0.05) is 47.0 Å². The van der Waals surface area contributed by atoms with Crippen molar-refractivity contribution in [2.75, 3.05) is 18.5 Å². The summed E-state index contributed by atoms with van der Waals surface area (Å²) >= 11 is 1.62. The van der Waals surface area contributed by atoms with Crippen LogP contribution in [0.4, 0.5) is 14.5 Å². The van der Waals surface area contributed by atoms with Crippen LogP contribution in [0, 0.1) is 24.0 Å². The minimum atomic E-state index is -1.00. The van der Waals surface area contributed by atoms with Crippen LogP contribution in [0.25, 0.3) is 0 Å². The van der Waals surface area contributed by atoms with Crippen LogP contribution in [0.2, 0.25) is 0 Å². The Balaban J connectivity index is 1.44. The van der Waals surface area contributed by atoms with E-state index in [1.165, 1.54) is 6.07 Å². The Kier molecular flexibility index (Phi) is 6.01. The van der Waals surface area contributed by atoms with E-state index in [0.29, 0.717) is 18.2 Å². The number of aromatic nitrogens is 1. The van der Waals surface area contributed by atoms with Gasteiger partial charge in [0.1, 0.15) is 5.69 Å². The quantitative estimate of drug-likeness (QED) is 0.528. The topological polar surface area (TPSA) is 77.7 Å². The number of hydrogen-bond acceptors (Lipinski definition) is 5. The fourth-order valence-electron chi connectivity index (χ4n) is 5.98. The summed E-state index contributed by atoms with van der Waals surface area (Å²) in [7, 11) is 0. The molecule has 2 aliphatic heterocycles. The standard InChI is InChI=1S/C24H29F2N3O3S/c1-14-21(23(32)27-15-5-6-16(25)17(26)12-15)28-10-3-2-4-18(28)22(14)33-29-19-7-8-24(19,9-11-30)20(29)13-31/h5-6,12,19-20,30-31H,2-4,7-11,13H2,1H3,(H,27,32). The number of rotatable bonds is 7. The minimum absolute atomic E-state index is 0.00291. The highest BCUT2D eigenvalue weighted by Gasteiger charge is 2.65. The largest absolute Gasteiger partial charge is 0.396 e. The van der Waals surface area contributed by atoms with Gasteiger partial charge in [0.2, 0.25) is 0 Å². The molecule has 1 saturated carbocycles. The molecule has 5 rings (SSSR count). The lowest BCUT2D eigenvalue weighted by Crippen LogP contribution is -2.75. The van der Waals surface area contributed by atoms with E-state index in [4.69, 9.17) is 0 Å². The summed E-state index contributed by atoms with van der Waals surface area (Å²) in [5.41, 5.74) is 2.75. The third kappa shape index (κ3) is 3.51. The number of carbonyl (C=O) groups is 1. The predicted octanol–water partition coefficient (Wildman–Crippen LogP) is 3.88. The van der Waals surface area contributed by atoms with Gasteiger partial charge >= 0.3 is 0 Å². The van der Waals surface area contributed by atoms with Crippen molar-refractivity contribution in [2.24, 2.45) is 5.41 Å². The summed E-state index contributed by atoms with van der Waals surface area (Å²) in [6.45, 7) is 2.84. The van der Waals surface area contributed by atoms with E-state index in [-0.39, 0.29) is 36.3 Å². The van der Waals surface area contributed by atoms with Crippen LogP contribution in [0.1, 0.15) is 53.8 Å². The predicted molar refractivity (Wildman–Crippen MR) is 122 cm³/mol. The van der Waals surface area contributed by atoms with Crippen molar-refractivity contribution in [3.05, 3.63) is 46.8 Å². The molecule has 6 nitrogen and oxygen atoms in total. The van der Waals surface area contributed by atoms with Crippen molar-refractivity contribution in [1.29, 1.82) is 0 Å². The van der Waals surface area contributed by atoms with Crippen LogP contribution < -0.4 is 5.32 Å². The van der Waals surface area contributed by atoms with Crippen molar-refractivity contribution >= 4 is 23.5 Å². The van der Waals surface area contributed by atoms with Gasteiger partial charge in [-0.2, -0.15) is 0 Å². The Bertz CT molecular complexity index is 1090. The van der Waals surface area contributed by atoms with Crippen molar-refractivity contribution in [1.82, 2.24) is 8.87 Å². The Morgan fingerprint density at radius 3 is 2.76 bits per heavy atom. The second kappa shape index (κ2) is 8.69. The number of amides is 1. The van der Waals surface area contributed by atoms with E-state index in [9.17, 15) is 23.8 Å². The van der Waals surface area contributed by atoms with Gasteiger partial charge < -0.3 is 20.1 Å². The van der Waals surface area contributed by atoms with Gasteiger partial charge in [0.15, 0.2) is 11.6 Å². The fourth-order valence-corrected chi connectivity index (χ4v) is 7.59. The van der Waals surface area contributed by atoms with Crippen LogP contribution in [-0.4, -0.2) is 50.3 Å². The van der Waals surface area contributed by atoms with Crippen LogP contribution in [0.5, 0.6) is 0 Å². The molecule has 3 aliphatic rings. The average Bonchev–Trinajstić information content (AvgIpc) is 3.06. The van der Waals surface area contributed by atoms with Gasteiger partial charge in [-0.05, 0) is 75.1 Å². The number of nitrogens with zero attached hydrogens (tertiary/aromatic N) is 2. The van der Waals surface area contributed by atoms with Gasteiger partial charge in [0.25, 0.3) is 5.91 Å². The number of hydrogen-bond donors (Lipinski definition) is 3. The van der Waals surface area contributed by atoms with Crippen molar-refractivity contribution in [3.8, 4) is 0 Å². The molecule has 1 aromatic carbocycles. The number of carbonyl (C=O) groups excluding carboxylic acids is 1. The number of nitrogens with one attached hydrogen (secondary N) is 1. The van der Waals surface area contributed by atoms with Crippen molar-refractivity contribution in [3.63, 3.8) is 0 Å². The third-order valence-electron chi connectivity index (χ3n) is 7.76. The Morgan fingerprint density at radius 1 is 1.27 bits per heavy atom. The molecule has 2 fully saturated rings. The molecule has 0 spiro atoms. The Hall–Kier alpha value is -1.94. The first kappa shape index (κ1) is 22.8. The van der Waals surface area contributed by atoms with E-state index in [1.807, 2.05) is 6.92 Å². The maximum Gasteiger partial charge on any atom is 0.272 e. The van der Waals surface area contributed by atoms with Crippen LogP contribution in [0.3, 0.4) is 0 Å². The molecule has 1 saturated heterocycles. The van der Waals surface area contributed by atoms with E-state index >= 15 is 0 Å². The fraction of sp³-hybridized carbons (Fsp3) is 0.542. The summed E-state index contributed by atoms with van der Waals surface area (Å²) in [4.78, 5) is 14.3. The maximum atomic E-state index is 13.6. The Morgan fingerprint density at radius 2 is 2.09 bits per heavy atom. The van der Waals surface area contributed by atoms with E-state index in [0.717, 1.165) is 66.9 Å². The molecule has 9 heteroatoms. The molecule has 2 aromatic rings. The molecule has 33 heavy (non-hydrogen) atoms. The molecule has 0 radical (unpaired) electrons. The highest BCUT2D eigenvalue weighted by Crippen LogP contribution is 2.63. The molecule has 1 aromatic heterocycles. The molecule has 178 valence electrons. The van der Waals surface area contributed by atoms with Gasteiger partial charge in [-0.15, -0.1) is 0 Å². The van der Waals surface area contributed by atoms with Crippen molar-refractivity contribution in [2.45, 2.75) is 69.0 Å². The zero-order valence-corrected chi connectivity index (χ0v) is 19.4. The zero-order chi connectivity index (χ0) is 23.3. The van der Waals surface area contributed by atoms with E-state index in [1.54, 1.807) is 11.9 Å².